The van der Waals surface area contributed by atoms with Gasteiger partial charge in [-0.2, -0.15) is 0 Å². The van der Waals surface area contributed by atoms with Gasteiger partial charge >= 0.3 is 11.9 Å². The zero-order chi connectivity index (χ0) is 19.7. The summed E-state index contributed by atoms with van der Waals surface area (Å²) in [4.78, 5) is 27.9. The number of carboxylic acids is 2. The highest BCUT2D eigenvalue weighted by Crippen LogP contribution is 2.23. The molecule has 0 aromatic carbocycles. The van der Waals surface area contributed by atoms with Gasteiger partial charge in [-0.3, -0.25) is 0 Å². The molecule has 0 aliphatic carbocycles. The molecule has 8 nitrogen and oxygen atoms in total. The number of hydrogen-bond acceptors (Lipinski definition) is 6. The van der Waals surface area contributed by atoms with Crippen LogP contribution in [0.3, 0.4) is 0 Å². The van der Waals surface area contributed by atoms with Gasteiger partial charge in [-0.15, -0.1) is 0 Å². The largest absolute Gasteiger partial charge is 0.473 e. The first kappa shape index (κ1) is 21.8. The first-order valence-corrected chi connectivity index (χ1v) is 8.76. The lowest BCUT2D eigenvalue weighted by Gasteiger charge is -2.24. The standard InChI is InChI=1S/C15H23N3OS.C2H2O4/c1-4-18(5-2)10-8-12-11-17(3)15(20)13-7-6-9-16-14(13)19-12;3-1(4)2(5)6/h6-7,9,12H,4-5,8,10-11H2,1-3H3;(H,3,4)(H,5,6). The number of fused-ring (bicyclic) bond motifs is 1. The number of aromatic nitrogens is 1. The van der Waals surface area contributed by atoms with Crippen LogP contribution < -0.4 is 4.74 Å². The monoisotopic (exact) mass is 383 g/mol. The van der Waals surface area contributed by atoms with Crippen LogP contribution in [0.5, 0.6) is 5.88 Å². The number of rotatable bonds is 5. The second-order valence-electron chi connectivity index (χ2n) is 5.71. The summed E-state index contributed by atoms with van der Waals surface area (Å²) in [6.45, 7) is 8.39. The Balaban J connectivity index is 0.000000487. The summed E-state index contributed by atoms with van der Waals surface area (Å²) < 4.78 is 6.07. The summed E-state index contributed by atoms with van der Waals surface area (Å²) in [7, 11) is 2.03. The molecule has 1 aliphatic heterocycles. The lowest BCUT2D eigenvalue weighted by atomic mass is 10.2. The fourth-order valence-electron chi connectivity index (χ4n) is 2.45. The highest BCUT2D eigenvalue weighted by molar-refractivity contribution is 7.80. The smallest absolute Gasteiger partial charge is 0.414 e. The van der Waals surface area contributed by atoms with Crippen LogP contribution in [-0.2, 0) is 9.59 Å². The SMILES string of the molecule is CCN(CC)CCC1CN(C)C(=S)c2cccnc2O1.O=C(O)C(=O)O. The molecule has 2 heterocycles. The Hall–Kier alpha value is -2.26. The van der Waals surface area contributed by atoms with Gasteiger partial charge in [-0.05, 0) is 31.6 Å². The van der Waals surface area contributed by atoms with E-state index in [-0.39, 0.29) is 6.10 Å². The van der Waals surface area contributed by atoms with Crippen molar-refractivity contribution in [3.63, 3.8) is 0 Å². The van der Waals surface area contributed by atoms with Crippen molar-refractivity contribution in [1.82, 2.24) is 14.8 Å². The third-order valence-electron chi connectivity index (χ3n) is 3.95. The van der Waals surface area contributed by atoms with Crippen molar-refractivity contribution in [3.8, 4) is 5.88 Å². The van der Waals surface area contributed by atoms with Gasteiger partial charge in [-0.1, -0.05) is 26.1 Å². The maximum atomic E-state index is 9.10. The van der Waals surface area contributed by atoms with Crippen LogP contribution >= 0.6 is 12.2 Å². The van der Waals surface area contributed by atoms with Gasteiger partial charge in [0.1, 0.15) is 11.1 Å². The fourth-order valence-corrected chi connectivity index (χ4v) is 2.68. The first-order chi connectivity index (χ1) is 12.3. The van der Waals surface area contributed by atoms with Crippen molar-refractivity contribution in [2.24, 2.45) is 0 Å². The van der Waals surface area contributed by atoms with Crippen molar-refractivity contribution >= 4 is 29.1 Å². The van der Waals surface area contributed by atoms with Crippen LogP contribution in [0.2, 0.25) is 0 Å². The average molecular weight is 383 g/mol. The van der Waals surface area contributed by atoms with Gasteiger partial charge in [0, 0.05) is 19.8 Å². The summed E-state index contributed by atoms with van der Waals surface area (Å²) in [5, 5.41) is 14.8. The van der Waals surface area contributed by atoms with E-state index in [1.54, 1.807) is 6.20 Å². The normalized spacial score (nSPS) is 16.1. The summed E-state index contributed by atoms with van der Waals surface area (Å²) in [5.41, 5.74) is 0.926. The molecule has 0 spiro atoms. The number of carbonyl (C=O) groups is 2. The van der Waals surface area contributed by atoms with E-state index in [0.29, 0.717) is 5.88 Å². The molecular formula is C17H25N3O5S. The van der Waals surface area contributed by atoms with Crippen LogP contribution in [0.25, 0.3) is 0 Å². The number of aliphatic carboxylic acids is 2. The van der Waals surface area contributed by atoms with Crippen molar-refractivity contribution in [1.29, 1.82) is 0 Å². The Morgan fingerprint density at radius 2 is 1.96 bits per heavy atom. The predicted molar refractivity (Wildman–Crippen MR) is 101 cm³/mol. The minimum Gasteiger partial charge on any atom is -0.473 e. The summed E-state index contributed by atoms with van der Waals surface area (Å²) in [6.07, 6.45) is 2.88. The average Bonchev–Trinajstić information content (AvgIpc) is 2.73. The number of ether oxygens (including phenoxy) is 1. The van der Waals surface area contributed by atoms with Gasteiger partial charge in [0.25, 0.3) is 0 Å². The van der Waals surface area contributed by atoms with Gasteiger partial charge in [0.05, 0.1) is 12.1 Å². The van der Waals surface area contributed by atoms with Crippen molar-refractivity contribution in [2.75, 3.05) is 33.2 Å². The molecule has 2 N–H and O–H groups in total. The number of likely N-dealkylation sites (N-methyl/N-ethyl adjacent to an activating group) is 1. The summed E-state index contributed by atoms with van der Waals surface area (Å²) in [6, 6.07) is 3.88. The zero-order valence-electron chi connectivity index (χ0n) is 15.2. The molecular weight excluding hydrogens is 358 g/mol. The highest BCUT2D eigenvalue weighted by atomic mass is 32.1. The Kier molecular flexibility index (Phi) is 8.94. The molecule has 0 amide bonds. The number of carboxylic acid groups (broad SMARTS) is 2. The minimum absolute atomic E-state index is 0.134. The topological polar surface area (TPSA) is 103 Å². The van der Waals surface area contributed by atoms with Crippen molar-refractivity contribution in [2.45, 2.75) is 26.4 Å². The van der Waals surface area contributed by atoms with Gasteiger partial charge in [-0.25, -0.2) is 14.6 Å². The van der Waals surface area contributed by atoms with E-state index < -0.39 is 11.9 Å². The third kappa shape index (κ3) is 6.57. The molecule has 0 saturated heterocycles. The zero-order valence-corrected chi connectivity index (χ0v) is 16.0. The van der Waals surface area contributed by atoms with Gasteiger partial charge in [0.2, 0.25) is 5.88 Å². The van der Waals surface area contributed by atoms with Crippen molar-refractivity contribution in [3.05, 3.63) is 23.9 Å². The first-order valence-electron chi connectivity index (χ1n) is 8.35. The van der Waals surface area contributed by atoms with Crippen LogP contribution in [-0.4, -0.2) is 81.3 Å². The molecule has 9 heteroatoms. The van der Waals surface area contributed by atoms with Crippen LogP contribution in [0, 0.1) is 0 Å². The quantitative estimate of drug-likeness (QED) is 0.576. The Morgan fingerprint density at radius 3 is 2.50 bits per heavy atom. The lowest BCUT2D eigenvalue weighted by molar-refractivity contribution is -0.159. The molecule has 0 saturated carbocycles. The number of pyridine rings is 1. The molecule has 1 aromatic rings. The molecule has 0 fully saturated rings. The third-order valence-corrected chi connectivity index (χ3v) is 4.48. The van der Waals surface area contributed by atoms with E-state index in [1.807, 2.05) is 19.2 Å². The second kappa shape index (κ2) is 10.7. The van der Waals surface area contributed by atoms with Crippen molar-refractivity contribution < 1.29 is 24.5 Å². The Morgan fingerprint density at radius 1 is 1.35 bits per heavy atom. The van der Waals surface area contributed by atoms with E-state index in [9.17, 15) is 0 Å². The number of nitrogens with zero attached hydrogens (tertiary/aromatic N) is 3. The van der Waals surface area contributed by atoms with E-state index >= 15 is 0 Å². The molecule has 2 rings (SSSR count). The van der Waals surface area contributed by atoms with E-state index in [4.69, 9.17) is 36.8 Å². The Bertz CT molecular complexity index is 625. The minimum atomic E-state index is -1.82. The van der Waals surface area contributed by atoms with Crippen LogP contribution in [0.15, 0.2) is 18.3 Å². The molecule has 1 aliphatic rings. The maximum Gasteiger partial charge on any atom is 0.414 e. The predicted octanol–water partition coefficient (Wildman–Crippen LogP) is 1.34. The molecule has 1 unspecified atom stereocenters. The lowest BCUT2D eigenvalue weighted by Crippen LogP contribution is -2.36. The molecule has 144 valence electrons. The van der Waals surface area contributed by atoms with E-state index in [2.05, 4.69) is 28.6 Å². The highest BCUT2D eigenvalue weighted by Gasteiger charge is 2.25. The second-order valence-corrected chi connectivity index (χ2v) is 6.09. The van der Waals surface area contributed by atoms with Crippen LogP contribution in [0.1, 0.15) is 25.8 Å². The molecule has 1 atom stereocenters. The van der Waals surface area contributed by atoms with E-state index in [1.165, 1.54) is 0 Å². The number of thiocarbonyl (C=S) groups is 1. The maximum absolute atomic E-state index is 9.10. The molecule has 1 aromatic heterocycles. The molecule has 26 heavy (non-hydrogen) atoms. The fraction of sp³-hybridized carbons (Fsp3) is 0.529. The summed E-state index contributed by atoms with van der Waals surface area (Å²) >= 11 is 5.50. The Labute approximate surface area is 158 Å². The summed E-state index contributed by atoms with van der Waals surface area (Å²) in [5.74, 6) is -2.98. The van der Waals surface area contributed by atoms with Gasteiger partial charge < -0.3 is 24.7 Å². The molecule has 0 radical (unpaired) electrons. The van der Waals surface area contributed by atoms with E-state index in [0.717, 1.165) is 43.2 Å². The molecule has 0 bridgehead atoms. The van der Waals surface area contributed by atoms with Crippen LogP contribution in [0.4, 0.5) is 0 Å². The number of hydrogen-bond donors (Lipinski definition) is 2. The van der Waals surface area contributed by atoms with Gasteiger partial charge in [0.15, 0.2) is 0 Å².